The lowest BCUT2D eigenvalue weighted by molar-refractivity contribution is -0.147. The van der Waals surface area contributed by atoms with Crippen molar-refractivity contribution in [1.29, 1.82) is 0 Å². The molecule has 0 aromatic rings. The van der Waals surface area contributed by atoms with Crippen molar-refractivity contribution < 1.29 is 19.1 Å². The zero-order chi connectivity index (χ0) is 11.1. The van der Waals surface area contributed by atoms with E-state index in [-0.39, 0.29) is 12.0 Å². The third-order valence-electron chi connectivity index (χ3n) is 1.47. The van der Waals surface area contributed by atoms with E-state index in [1.54, 1.807) is 6.92 Å². The quantitative estimate of drug-likeness (QED) is 0.363. The van der Waals surface area contributed by atoms with Gasteiger partial charge >= 0.3 is 5.97 Å². The van der Waals surface area contributed by atoms with E-state index in [4.69, 9.17) is 0 Å². The highest BCUT2D eigenvalue weighted by molar-refractivity contribution is 6.37. The Balaban J connectivity index is 3.91. The summed E-state index contributed by atoms with van der Waals surface area (Å²) in [4.78, 5) is 32.8. The third-order valence-corrected chi connectivity index (χ3v) is 1.47. The Kier molecular flexibility index (Phi) is 5.44. The van der Waals surface area contributed by atoms with Crippen molar-refractivity contribution in [2.75, 3.05) is 6.61 Å². The molecule has 78 valence electrons. The molecule has 4 nitrogen and oxygen atoms in total. The van der Waals surface area contributed by atoms with Crippen LogP contribution in [0.15, 0.2) is 12.2 Å². The second-order valence-corrected chi connectivity index (χ2v) is 2.95. The normalized spacial score (nSPS) is 9.29. The van der Waals surface area contributed by atoms with Gasteiger partial charge in [0.05, 0.1) is 0 Å². The first-order valence-electron chi connectivity index (χ1n) is 4.37. The molecule has 0 aromatic carbocycles. The van der Waals surface area contributed by atoms with Gasteiger partial charge in [-0.05, 0) is 13.3 Å². The van der Waals surface area contributed by atoms with Crippen molar-refractivity contribution in [3.05, 3.63) is 12.2 Å². The van der Waals surface area contributed by atoms with Gasteiger partial charge in [-0.1, -0.05) is 13.5 Å². The van der Waals surface area contributed by atoms with Crippen molar-refractivity contribution in [2.45, 2.75) is 26.7 Å². The van der Waals surface area contributed by atoms with Crippen molar-refractivity contribution in [1.82, 2.24) is 0 Å². The minimum Gasteiger partial charge on any atom is -0.454 e. The van der Waals surface area contributed by atoms with Crippen LogP contribution in [0.5, 0.6) is 0 Å². The zero-order valence-corrected chi connectivity index (χ0v) is 8.46. The molecule has 0 radical (unpaired) electrons. The van der Waals surface area contributed by atoms with E-state index in [0.29, 0.717) is 6.42 Å². The molecule has 0 N–H and O–H groups in total. The summed E-state index contributed by atoms with van der Waals surface area (Å²) in [5, 5.41) is 0. The maximum absolute atomic E-state index is 11.0. The number of ether oxygens (including phenoxy) is 1. The predicted molar refractivity (Wildman–Crippen MR) is 50.7 cm³/mol. The van der Waals surface area contributed by atoms with E-state index < -0.39 is 24.1 Å². The number of Topliss-reactive ketones (excluding diaryl/α,β-unsaturated/α-hetero) is 2. The lowest BCUT2D eigenvalue weighted by Crippen LogP contribution is -2.21. The Bertz CT molecular complexity index is 265. The molecule has 0 aromatic heterocycles. The number of ketones is 2. The smallest absolute Gasteiger partial charge is 0.333 e. The van der Waals surface area contributed by atoms with Crippen LogP contribution in [0.25, 0.3) is 0 Å². The van der Waals surface area contributed by atoms with E-state index >= 15 is 0 Å². The van der Waals surface area contributed by atoms with Gasteiger partial charge in [-0.2, -0.15) is 0 Å². The van der Waals surface area contributed by atoms with Gasteiger partial charge in [-0.15, -0.1) is 0 Å². The summed E-state index contributed by atoms with van der Waals surface area (Å²) in [5.41, 5.74) is 0.209. The Morgan fingerprint density at radius 2 is 1.79 bits per heavy atom. The average molecular weight is 198 g/mol. The van der Waals surface area contributed by atoms with Crippen molar-refractivity contribution in [3.63, 3.8) is 0 Å². The van der Waals surface area contributed by atoms with E-state index in [1.165, 1.54) is 6.92 Å². The number of esters is 1. The molecular weight excluding hydrogens is 184 g/mol. The number of carbonyl (C=O) groups is 3. The average Bonchev–Trinajstić information content (AvgIpc) is 2.13. The van der Waals surface area contributed by atoms with Gasteiger partial charge in [-0.25, -0.2) is 4.79 Å². The minimum atomic E-state index is -0.665. The monoisotopic (exact) mass is 198 g/mol. The second kappa shape index (κ2) is 6.07. The van der Waals surface area contributed by atoms with Crippen LogP contribution in [-0.2, 0) is 19.1 Å². The Morgan fingerprint density at radius 3 is 2.21 bits per heavy atom. The topological polar surface area (TPSA) is 60.4 Å². The maximum Gasteiger partial charge on any atom is 0.333 e. The lowest BCUT2D eigenvalue weighted by Gasteiger charge is -2.01. The molecule has 14 heavy (non-hydrogen) atoms. The van der Waals surface area contributed by atoms with Crippen LogP contribution in [0.2, 0.25) is 0 Å². The first-order valence-corrected chi connectivity index (χ1v) is 4.37. The number of carbonyl (C=O) groups excluding carboxylic acids is 3. The maximum atomic E-state index is 11.0. The summed E-state index contributed by atoms with van der Waals surface area (Å²) in [6.45, 7) is 6.13. The fourth-order valence-corrected chi connectivity index (χ4v) is 0.701. The van der Waals surface area contributed by atoms with Crippen molar-refractivity contribution in [2.24, 2.45) is 0 Å². The number of hydrogen-bond donors (Lipinski definition) is 0. The third kappa shape index (κ3) is 4.54. The molecule has 0 saturated heterocycles. The summed E-state index contributed by atoms with van der Waals surface area (Å²) in [5.74, 6) is -1.81. The van der Waals surface area contributed by atoms with E-state index in [0.717, 1.165) is 0 Å². The summed E-state index contributed by atoms with van der Waals surface area (Å²) >= 11 is 0. The molecule has 0 fully saturated rings. The van der Waals surface area contributed by atoms with Gasteiger partial charge < -0.3 is 4.74 Å². The van der Waals surface area contributed by atoms with E-state index in [1.807, 2.05) is 0 Å². The lowest BCUT2D eigenvalue weighted by atomic mass is 10.2. The fourth-order valence-electron chi connectivity index (χ4n) is 0.701. The highest BCUT2D eigenvalue weighted by Crippen LogP contribution is 1.95. The molecule has 0 amide bonds. The molecule has 0 atom stereocenters. The van der Waals surface area contributed by atoms with Gasteiger partial charge in [0, 0.05) is 12.0 Å². The Hall–Kier alpha value is -1.45. The van der Waals surface area contributed by atoms with E-state index in [9.17, 15) is 14.4 Å². The molecule has 0 heterocycles. The van der Waals surface area contributed by atoms with Crippen molar-refractivity contribution in [3.8, 4) is 0 Å². The molecule has 0 aliphatic carbocycles. The van der Waals surface area contributed by atoms with Gasteiger partial charge in [0.2, 0.25) is 11.6 Å². The first kappa shape index (κ1) is 12.6. The zero-order valence-electron chi connectivity index (χ0n) is 8.46. The highest BCUT2D eigenvalue weighted by Gasteiger charge is 2.14. The summed E-state index contributed by atoms with van der Waals surface area (Å²) in [6.07, 6.45) is 0.808. The summed E-state index contributed by atoms with van der Waals surface area (Å²) < 4.78 is 4.52. The summed E-state index contributed by atoms with van der Waals surface area (Å²) in [7, 11) is 0. The Labute approximate surface area is 82.9 Å². The van der Waals surface area contributed by atoms with Crippen LogP contribution in [0, 0.1) is 0 Å². The largest absolute Gasteiger partial charge is 0.454 e. The Morgan fingerprint density at radius 1 is 1.21 bits per heavy atom. The molecule has 0 unspecified atom stereocenters. The van der Waals surface area contributed by atoms with Crippen LogP contribution in [0.3, 0.4) is 0 Å². The number of hydrogen-bond acceptors (Lipinski definition) is 4. The standard InChI is InChI=1S/C10H14O4/c1-4-5-8(11)9(12)6-14-10(13)7(2)3/h2,4-6H2,1,3H3. The van der Waals surface area contributed by atoms with Gasteiger partial charge in [0.25, 0.3) is 0 Å². The predicted octanol–water partition coefficient (Wildman–Crippen LogP) is 1.04. The second-order valence-electron chi connectivity index (χ2n) is 2.95. The van der Waals surface area contributed by atoms with Crippen LogP contribution < -0.4 is 0 Å². The van der Waals surface area contributed by atoms with Crippen LogP contribution in [-0.4, -0.2) is 24.1 Å². The first-order chi connectivity index (χ1) is 6.49. The van der Waals surface area contributed by atoms with Gasteiger partial charge in [-0.3, -0.25) is 9.59 Å². The molecule has 0 aliphatic rings. The molecule has 0 spiro atoms. The fraction of sp³-hybridized carbons (Fsp3) is 0.500. The molecule has 0 bridgehead atoms. The van der Waals surface area contributed by atoms with E-state index in [2.05, 4.69) is 11.3 Å². The summed E-state index contributed by atoms with van der Waals surface area (Å²) in [6, 6.07) is 0. The minimum absolute atomic E-state index is 0.198. The molecule has 0 rings (SSSR count). The molecule has 4 heteroatoms. The van der Waals surface area contributed by atoms with Crippen LogP contribution in [0.4, 0.5) is 0 Å². The van der Waals surface area contributed by atoms with Crippen LogP contribution >= 0.6 is 0 Å². The molecule has 0 saturated carbocycles. The van der Waals surface area contributed by atoms with Gasteiger partial charge in [0.1, 0.15) is 0 Å². The number of rotatable bonds is 6. The molecule has 0 aliphatic heterocycles. The van der Waals surface area contributed by atoms with Crippen LogP contribution in [0.1, 0.15) is 26.7 Å². The van der Waals surface area contributed by atoms with Crippen molar-refractivity contribution >= 4 is 17.5 Å². The SMILES string of the molecule is C=C(C)C(=O)OCC(=O)C(=O)CCC. The van der Waals surface area contributed by atoms with Gasteiger partial charge in [0.15, 0.2) is 6.61 Å². The highest BCUT2D eigenvalue weighted by atomic mass is 16.5. The molecular formula is C10H14O4.